The summed E-state index contributed by atoms with van der Waals surface area (Å²) in [7, 11) is 0. The Morgan fingerprint density at radius 3 is 2.48 bits per heavy atom. The summed E-state index contributed by atoms with van der Waals surface area (Å²) in [4.78, 5) is 25.4. The zero-order valence-electron chi connectivity index (χ0n) is 12.0. The van der Waals surface area contributed by atoms with Gasteiger partial charge in [0.1, 0.15) is 17.7 Å². The third-order valence-corrected chi connectivity index (χ3v) is 3.74. The van der Waals surface area contributed by atoms with E-state index in [4.69, 9.17) is 0 Å². The number of hydrogen-bond donors (Lipinski definition) is 1. The second-order valence-corrected chi connectivity index (χ2v) is 5.40. The SMILES string of the molecule is CCC(C)C1NC(=O)CN(Cc2cc(F)cc(F)c2)C1=O. The Morgan fingerprint density at radius 2 is 1.90 bits per heavy atom. The van der Waals surface area contributed by atoms with Crippen LogP contribution in [0.3, 0.4) is 0 Å². The van der Waals surface area contributed by atoms with E-state index in [0.29, 0.717) is 5.56 Å². The molecule has 1 aliphatic heterocycles. The van der Waals surface area contributed by atoms with Crippen LogP contribution in [0.4, 0.5) is 8.78 Å². The maximum absolute atomic E-state index is 13.2. The highest BCUT2D eigenvalue weighted by Crippen LogP contribution is 2.17. The van der Waals surface area contributed by atoms with E-state index in [1.165, 1.54) is 17.0 Å². The molecular weight excluding hydrogens is 278 g/mol. The molecule has 2 rings (SSSR count). The van der Waals surface area contributed by atoms with Crippen LogP contribution in [0.25, 0.3) is 0 Å². The minimum Gasteiger partial charge on any atom is -0.342 e. The minimum atomic E-state index is -0.697. The topological polar surface area (TPSA) is 49.4 Å². The van der Waals surface area contributed by atoms with Crippen LogP contribution in [0, 0.1) is 17.6 Å². The quantitative estimate of drug-likeness (QED) is 0.921. The summed E-state index contributed by atoms with van der Waals surface area (Å²) in [6, 6.07) is 2.54. The summed E-state index contributed by atoms with van der Waals surface area (Å²) in [6.45, 7) is 3.75. The number of hydrogen-bond acceptors (Lipinski definition) is 2. The summed E-state index contributed by atoms with van der Waals surface area (Å²) in [5, 5.41) is 2.68. The van der Waals surface area contributed by atoms with Gasteiger partial charge in [0.05, 0.1) is 6.54 Å². The summed E-state index contributed by atoms with van der Waals surface area (Å²) >= 11 is 0. The molecule has 1 heterocycles. The highest BCUT2D eigenvalue weighted by molar-refractivity contribution is 5.95. The van der Waals surface area contributed by atoms with Crippen molar-refractivity contribution in [2.75, 3.05) is 6.54 Å². The maximum atomic E-state index is 13.2. The molecule has 0 spiro atoms. The van der Waals surface area contributed by atoms with Crippen LogP contribution in [-0.2, 0) is 16.1 Å². The number of nitrogens with zero attached hydrogens (tertiary/aromatic N) is 1. The molecule has 1 fully saturated rings. The smallest absolute Gasteiger partial charge is 0.246 e. The van der Waals surface area contributed by atoms with Crippen molar-refractivity contribution in [2.24, 2.45) is 5.92 Å². The van der Waals surface area contributed by atoms with Crippen molar-refractivity contribution in [3.63, 3.8) is 0 Å². The lowest BCUT2D eigenvalue weighted by Crippen LogP contribution is -2.59. The Morgan fingerprint density at radius 1 is 1.29 bits per heavy atom. The lowest BCUT2D eigenvalue weighted by Gasteiger charge is -2.35. The van der Waals surface area contributed by atoms with Crippen LogP contribution in [0.5, 0.6) is 0 Å². The van der Waals surface area contributed by atoms with E-state index in [1.54, 1.807) is 0 Å². The average molecular weight is 296 g/mol. The van der Waals surface area contributed by atoms with Gasteiger partial charge in [0.15, 0.2) is 0 Å². The maximum Gasteiger partial charge on any atom is 0.246 e. The first kappa shape index (κ1) is 15.4. The van der Waals surface area contributed by atoms with Gasteiger partial charge in [0, 0.05) is 12.6 Å². The van der Waals surface area contributed by atoms with Crippen molar-refractivity contribution >= 4 is 11.8 Å². The molecule has 114 valence electrons. The van der Waals surface area contributed by atoms with Gasteiger partial charge in [-0.1, -0.05) is 20.3 Å². The highest BCUT2D eigenvalue weighted by Gasteiger charge is 2.35. The summed E-state index contributed by atoms with van der Waals surface area (Å²) in [5.74, 6) is -1.85. The van der Waals surface area contributed by atoms with Crippen molar-refractivity contribution in [1.82, 2.24) is 10.2 Å². The molecule has 1 aromatic carbocycles. The lowest BCUT2D eigenvalue weighted by molar-refractivity contribution is -0.146. The van der Waals surface area contributed by atoms with Crippen LogP contribution in [0.1, 0.15) is 25.8 Å². The Bertz CT molecular complexity index is 542. The fraction of sp³-hybridized carbons (Fsp3) is 0.467. The Kier molecular flexibility index (Phi) is 4.55. The molecule has 1 N–H and O–H groups in total. The van der Waals surface area contributed by atoms with Crippen molar-refractivity contribution in [3.05, 3.63) is 35.4 Å². The average Bonchev–Trinajstić information content (AvgIpc) is 2.40. The fourth-order valence-corrected chi connectivity index (χ4v) is 2.41. The zero-order chi connectivity index (χ0) is 15.6. The third-order valence-electron chi connectivity index (χ3n) is 3.74. The van der Waals surface area contributed by atoms with Gasteiger partial charge in [0.25, 0.3) is 0 Å². The van der Waals surface area contributed by atoms with Gasteiger partial charge in [-0.25, -0.2) is 8.78 Å². The molecule has 0 saturated carbocycles. The molecule has 0 aliphatic carbocycles. The number of rotatable bonds is 4. The van der Waals surface area contributed by atoms with Gasteiger partial charge in [-0.15, -0.1) is 0 Å². The van der Waals surface area contributed by atoms with Gasteiger partial charge >= 0.3 is 0 Å². The number of benzene rings is 1. The molecule has 0 radical (unpaired) electrons. The molecular formula is C15H18F2N2O2. The number of amides is 2. The predicted molar refractivity (Wildman–Crippen MR) is 73.2 cm³/mol. The van der Waals surface area contributed by atoms with Gasteiger partial charge in [0.2, 0.25) is 11.8 Å². The van der Waals surface area contributed by atoms with E-state index in [2.05, 4.69) is 5.32 Å². The molecule has 2 unspecified atom stereocenters. The van der Waals surface area contributed by atoms with Gasteiger partial charge in [-0.2, -0.15) is 0 Å². The standard InChI is InChI=1S/C15H18F2N2O2/c1-3-9(2)14-15(21)19(8-13(20)18-14)7-10-4-11(16)6-12(17)5-10/h4-6,9,14H,3,7-8H2,1-2H3,(H,18,20). The summed E-state index contributed by atoms with van der Waals surface area (Å²) in [6.07, 6.45) is 0.749. The van der Waals surface area contributed by atoms with Crippen molar-refractivity contribution in [3.8, 4) is 0 Å². The monoisotopic (exact) mass is 296 g/mol. The van der Waals surface area contributed by atoms with Crippen LogP contribution in [0.2, 0.25) is 0 Å². The molecule has 1 aliphatic rings. The van der Waals surface area contributed by atoms with E-state index in [9.17, 15) is 18.4 Å². The third kappa shape index (κ3) is 3.56. The van der Waals surface area contributed by atoms with E-state index in [0.717, 1.165) is 12.5 Å². The number of piperazine rings is 1. The number of carbonyl (C=O) groups is 2. The van der Waals surface area contributed by atoms with E-state index in [-0.39, 0.29) is 30.8 Å². The molecule has 2 amide bonds. The molecule has 0 bridgehead atoms. The van der Waals surface area contributed by atoms with Crippen molar-refractivity contribution < 1.29 is 18.4 Å². The molecule has 6 heteroatoms. The van der Waals surface area contributed by atoms with Gasteiger partial charge in [-0.3, -0.25) is 9.59 Å². The first-order valence-electron chi connectivity index (χ1n) is 6.93. The zero-order valence-corrected chi connectivity index (χ0v) is 12.0. The highest BCUT2D eigenvalue weighted by atomic mass is 19.1. The Balaban J connectivity index is 2.18. The number of nitrogens with one attached hydrogen (secondary N) is 1. The molecule has 1 saturated heterocycles. The molecule has 0 aromatic heterocycles. The fourth-order valence-electron chi connectivity index (χ4n) is 2.41. The molecule has 4 nitrogen and oxygen atoms in total. The van der Waals surface area contributed by atoms with Gasteiger partial charge in [-0.05, 0) is 23.6 Å². The first-order valence-corrected chi connectivity index (χ1v) is 6.93. The van der Waals surface area contributed by atoms with Crippen LogP contribution < -0.4 is 5.32 Å². The van der Waals surface area contributed by atoms with Crippen LogP contribution in [-0.4, -0.2) is 29.3 Å². The summed E-state index contributed by atoms with van der Waals surface area (Å²) < 4.78 is 26.4. The van der Waals surface area contributed by atoms with Crippen LogP contribution in [0.15, 0.2) is 18.2 Å². The van der Waals surface area contributed by atoms with Crippen molar-refractivity contribution in [1.29, 1.82) is 0 Å². The van der Waals surface area contributed by atoms with Crippen molar-refractivity contribution in [2.45, 2.75) is 32.9 Å². The predicted octanol–water partition coefficient (Wildman–Crippen LogP) is 1.84. The number of carbonyl (C=O) groups excluding carboxylic acids is 2. The van der Waals surface area contributed by atoms with Crippen LogP contribution >= 0.6 is 0 Å². The van der Waals surface area contributed by atoms with E-state index in [1.807, 2.05) is 13.8 Å². The lowest BCUT2D eigenvalue weighted by atomic mass is 9.96. The molecule has 21 heavy (non-hydrogen) atoms. The minimum absolute atomic E-state index is 0.00787. The van der Waals surface area contributed by atoms with E-state index >= 15 is 0 Å². The van der Waals surface area contributed by atoms with Gasteiger partial charge < -0.3 is 10.2 Å². The second-order valence-electron chi connectivity index (χ2n) is 5.40. The molecule has 2 atom stereocenters. The Labute approximate surface area is 122 Å². The first-order chi connectivity index (χ1) is 9.90. The largest absolute Gasteiger partial charge is 0.342 e. The Hall–Kier alpha value is -1.98. The van der Waals surface area contributed by atoms with E-state index < -0.39 is 17.7 Å². The summed E-state index contributed by atoms with van der Waals surface area (Å²) in [5.41, 5.74) is 0.332. The number of halogens is 2. The molecule has 1 aromatic rings. The normalized spacial score (nSPS) is 20.4. The second kappa shape index (κ2) is 6.20.